The lowest BCUT2D eigenvalue weighted by molar-refractivity contribution is 0.0514. The molecule has 27 heavy (non-hydrogen) atoms. The molecule has 0 spiro atoms. The number of hydrogen-bond acceptors (Lipinski definition) is 3. The summed E-state index contributed by atoms with van der Waals surface area (Å²) < 4.78 is 5.62. The maximum atomic E-state index is 6.54. The van der Waals surface area contributed by atoms with Gasteiger partial charge in [0.15, 0.2) is 5.96 Å². The van der Waals surface area contributed by atoms with E-state index in [0.29, 0.717) is 5.92 Å². The van der Waals surface area contributed by atoms with Gasteiger partial charge in [0.1, 0.15) is 0 Å². The second-order valence-electron chi connectivity index (χ2n) is 7.10. The van der Waals surface area contributed by atoms with Crippen molar-refractivity contribution in [1.29, 1.82) is 0 Å². The number of rotatable bonds is 6. The van der Waals surface area contributed by atoms with Crippen molar-refractivity contribution in [2.24, 2.45) is 4.99 Å². The zero-order chi connectivity index (χ0) is 19.1. The normalized spacial score (nSPS) is 18.1. The van der Waals surface area contributed by atoms with Crippen molar-refractivity contribution in [2.45, 2.75) is 31.1 Å². The number of halogens is 1. The van der Waals surface area contributed by atoms with Crippen molar-refractivity contribution in [3.8, 4) is 0 Å². The highest BCUT2D eigenvalue weighted by atomic mass is 35.5. The standard InChI is InChI=1S/C21H28ClN3OS/c1-16(19-8-5-13-27-19)14-24-20(23-2)25-15-21(9-11-26-12-10-21)17-6-3-4-7-18(17)22/h3-8,13,16H,9-12,14-15H2,1-2H3,(H2,23,24,25). The van der Waals surface area contributed by atoms with E-state index in [4.69, 9.17) is 16.3 Å². The summed E-state index contributed by atoms with van der Waals surface area (Å²) in [7, 11) is 1.82. The van der Waals surface area contributed by atoms with Crippen LogP contribution in [0.4, 0.5) is 0 Å². The summed E-state index contributed by atoms with van der Waals surface area (Å²) in [5.74, 6) is 1.28. The Kier molecular flexibility index (Phi) is 7.16. The number of aliphatic imine (C=N–C) groups is 1. The average molecular weight is 406 g/mol. The summed E-state index contributed by atoms with van der Waals surface area (Å²) >= 11 is 8.34. The summed E-state index contributed by atoms with van der Waals surface area (Å²) in [6.45, 7) is 5.38. The van der Waals surface area contributed by atoms with Crippen molar-refractivity contribution in [2.75, 3.05) is 33.4 Å². The van der Waals surface area contributed by atoms with E-state index in [1.165, 1.54) is 10.4 Å². The van der Waals surface area contributed by atoms with Crippen LogP contribution in [0.15, 0.2) is 46.8 Å². The van der Waals surface area contributed by atoms with Crippen LogP contribution in [0, 0.1) is 0 Å². The number of thiophene rings is 1. The lowest BCUT2D eigenvalue weighted by Gasteiger charge is -2.38. The molecule has 4 nitrogen and oxygen atoms in total. The van der Waals surface area contributed by atoms with Gasteiger partial charge >= 0.3 is 0 Å². The van der Waals surface area contributed by atoms with E-state index in [9.17, 15) is 0 Å². The number of nitrogens with one attached hydrogen (secondary N) is 2. The quantitative estimate of drug-likeness (QED) is 0.552. The molecule has 3 rings (SSSR count). The molecule has 0 aliphatic carbocycles. The Morgan fingerprint density at radius 3 is 2.67 bits per heavy atom. The molecule has 1 unspecified atom stereocenters. The number of guanidine groups is 1. The first-order valence-electron chi connectivity index (χ1n) is 9.45. The lowest BCUT2D eigenvalue weighted by atomic mass is 9.74. The zero-order valence-electron chi connectivity index (χ0n) is 16.0. The minimum absolute atomic E-state index is 0.0341. The van der Waals surface area contributed by atoms with E-state index in [1.54, 1.807) is 11.3 Å². The van der Waals surface area contributed by atoms with Crippen molar-refractivity contribution in [3.63, 3.8) is 0 Å². The van der Waals surface area contributed by atoms with Gasteiger partial charge in [0.2, 0.25) is 0 Å². The Labute approximate surface area is 171 Å². The van der Waals surface area contributed by atoms with E-state index in [2.05, 4.69) is 52.2 Å². The third-order valence-corrected chi connectivity index (χ3v) is 6.75. The second kappa shape index (κ2) is 9.58. The third kappa shape index (κ3) is 5.03. The summed E-state index contributed by atoms with van der Waals surface area (Å²) in [6.07, 6.45) is 1.90. The predicted octanol–water partition coefficient (Wildman–Crippen LogP) is 4.42. The van der Waals surface area contributed by atoms with Crippen molar-refractivity contribution < 1.29 is 4.74 Å². The minimum Gasteiger partial charge on any atom is -0.381 e. The molecule has 0 bridgehead atoms. The summed E-state index contributed by atoms with van der Waals surface area (Å²) in [6, 6.07) is 12.4. The molecular weight excluding hydrogens is 378 g/mol. The second-order valence-corrected chi connectivity index (χ2v) is 8.48. The van der Waals surface area contributed by atoms with Crippen LogP contribution in [0.5, 0.6) is 0 Å². The van der Waals surface area contributed by atoms with Gasteiger partial charge in [-0.1, -0.05) is 42.8 Å². The molecule has 0 saturated carbocycles. The van der Waals surface area contributed by atoms with Gasteiger partial charge in [0, 0.05) is 54.6 Å². The lowest BCUT2D eigenvalue weighted by Crippen LogP contribution is -2.48. The van der Waals surface area contributed by atoms with Crippen LogP contribution < -0.4 is 10.6 Å². The van der Waals surface area contributed by atoms with Crippen LogP contribution in [0.25, 0.3) is 0 Å². The summed E-state index contributed by atoms with van der Waals surface area (Å²) in [4.78, 5) is 5.79. The maximum absolute atomic E-state index is 6.54. The van der Waals surface area contributed by atoms with Crippen molar-refractivity contribution in [3.05, 3.63) is 57.2 Å². The van der Waals surface area contributed by atoms with Gasteiger partial charge in [-0.2, -0.15) is 0 Å². The Morgan fingerprint density at radius 1 is 1.22 bits per heavy atom. The van der Waals surface area contributed by atoms with Crippen molar-refractivity contribution >= 4 is 28.9 Å². The first-order valence-corrected chi connectivity index (χ1v) is 10.7. The SMILES string of the molecule is CN=C(NCC(C)c1cccs1)NCC1(c2ccccc2Cl)CCOCC1. The Morgan fingerprint density at radius 2 is 2.00 bits per heavy atom. The number of benzene rings is 1. The number of ether oxygens (including phenoxy) is 1. The molecule has 146 valence electrons. The van der Waals surface area contributed by atoms with Gasteiger partial charge in [0.25, 0.3) is 0 Å². The molecule has 1 aliphatic heterocycles. The van der Waals surface area contributed by atoms with E-state index >= 15 is 0 Å². The fraction of sp³-hybridized carbons (Fsp3) is 0.476. The van der Waals surface area contributed by atoms with E-state index < -0.39 is 0 Å². The molecule has 1 aromatic carbocycles. The number of hydrogen-bond donors (Lipinski definition) is 2. The molecule has 2 N–H and O–H groups in total. The van der Waals surface area contributed by atoms with Gasteiger partial charge in [-0.25, -0.2) is 0 Å². The summed E-state index contributed by atoms with van der Waals surface area (Å²) in [5, 5.41) is 9.95. The van der Waals surface area contributed by atoms with Gasteiger partial charge in [-0.05, 0) is 35.9 Å². The highest BCUT2D eigenvalue weighted by Crippen LogP contribution is 2.38. The Balaban J connectivity index is 1.64. The van der Waals surface area contributed by atoms with Gasteiger partial charge in [-0.3, -0.25) is 4.99 Å². The average Bonchev–Trinajstić information content (AvgIpc) is 3.24. The van der Waals surface area contributed by atoms with E-state index in [0.717, 1.165) is 50.1 Å². The monoisotopic (exact) mass is 405 g/mol. The molecule has 6 heteroatoms. The molecule has 1 atom stereocenters. The van der Waals surface area contributed by atoms with Crippen molar-refractivity contribution in [1.82, 2.24) is 10.6 Å². The van der Waals surface area contributed by atoms with Crippen LogP contribution in [-0.4, -0.2) is 39.3 Å². The van der Waals surface area contributed by atoms with E-state index in [-0.39, 0.29) is 5.41 Å². The Hall–Kier alpha value is -1.56. The van der Waals surface area contributed by atoms with Crippen LogP contribution in [0.3, 0.4) is 0 Å². The maximum Gasteiger partial charge on any atom is 0.191 e. The first-order chi connectivity index (χ1) is 13.1. The van der Waals surface area contributed by atoms with Crippen LogP contribution in [0.2, 0.25) is 5.02 Å². The predicted molar refractivity (Wildman–Crippen MR) is 115 cm³/mol. The fourth-order valence-electron chi connectivity index (χ4n) is 3.59. The van der Waals surface area contributed by atoms with Crippen LogP contribution >= 0.6 is 22.9 Å². The zero-order valence-corrected chi connectivity index (χ0v) is 17.6. The molecule has 1 fully saturated rings. The smallest absolute Gasteiger partial charge is 0.191 e. The minimum atomic E-state index is -0.0341. The van der Waals surface area contributed by atoms with Gasteiger partial charge in [0.05, 0.1) is 0 Å². The largest absolute Gasteiger partial charge is 0.381 e. The fourth-order valence-corrected chi connectivity index (χ4v) is 4.71. The highest BCUT2D eigenvalue weighted by Gasteiger charge is 2.36. The highest BCUT2D eigenvalue weighted by molar-refractivity contribution is 7.10. The Bertz CT molecular complexity index is 742. The molecule has 1 saturated heterocycles. The molecule has 2 heterocycles. The molecular formula is C21H28ClN3OS. The molecule has 1 aliphatic rings. The number of nitrogens with zero attached hydrogens (tertiary/aromatic N) is 1. The third-order valence-electron chi connectivity index (χ3n) is 5.32. The van der Waals surface area contributed by atoms with Gasteiger partial charge in [-0.15, -0.1) is 11.3 Å². The van der Waals surface area contributed by atoms with Crippen LogP contribution in [-0.2, 0) is 10.2 Å². The van der Waals surface area contributed by atoms with Crippen LogP contribution in [0.1, 0.15) is 36.1 Å². The van der Waals surface area contributed by atoms with Gasteiger partial charge < -0.3 is 15.4 Å². The molecule has 1 aromatic heterocycles. The topological polar surface area (TPSA) is 45.7 Å². The summed E-state index contributed by atoms with van der Waals surface area (Å²) in [5.41, 5.74) is 1.16. The van der Waals surface area contributed by atoms with E-state index in [1.807, 2.05) is 19.2 Å². The molecule has 0 radical (unpaired) electrons. The molecule has 2 aromatic rings. The molecule has 0 amide bonds. The first kappa shape index (κ1) is 20.2.